The van der Waals surface area contributed by atoms with Gasteiger partial charge in [-0.1, -0.05) is 54.5 Å². The third kappa shape index (κ3) is 32.5. The molecule has 3 fully saturated rings. The van der Waals surface area contributed by atoms with Gasteiger partial charge in [-0.3, -0.25) is 42.1 Å². The Bertz CT molecular complexity index is 5950. The second-order valence-corrected chi connectivity index (χ2v) is 41.9. The molecule has 1 radical (unpaired) electrons. The summed E-state index contributed by atoms with van der Waals surface area (Å²) >= 11 is 6.61. The molecule has 6 atom stereocenters. The molecule has 3 aliphatic carbocycles. The van der Waals surface area contributed by atoms with Crippen molar-refractivity contribution in [2.24, 2.45) is 17.8 Å². The predicted molar refractivity (Wildman–Crippen MR) is 508 cm³/mol. The molecule has 0 bridgehead atoms. The van der Waals surface area contributed by atoms with Crippen LogP contribution in [0.2, 0.25) is 18.1 Å². The second-order valence-electron chi connectivity index (χ2n) is 33.9. The van der Waals surface area contributed by atoms with E-state index < -0.39 is 25.7 Å². The summed E-state index contributed by atoms with van der Waals surface area (Å²) in [5.74, 6) is 8.30. The van der Waals surface area contributed by atoms with Gasteiger partial charge in [-0.05, 0) is 199 Å². The standard InChI is InChI=1S/2C23H24N4O3.C15H16BF2N3O2.C10H15NO4S.C9H21BrOSi.C9H10NO.C6H6BrNO.FH.K.Y/c1-14-24-12-19(17-6-8-22(28)27-9-3-4-21(17)27)23(26-14)30-13-15-10-18(15)20-7-5-16(29-2)11-25-20;1-14-24-12-20(18-7-5-16-4-3-9-27(16)23(18)28)22(26-14)30-13-15-10-19(15)21-8-6-17(29-2)11-25-21;1-9-19-7-13(16(17)18)15(21-9)23-8-10-5-12(10)14-4-3-11(22-2)6-20-14;1-14-10-7-3-5-9(11-10)6-4-8-15-16(2,12)13;1-9(2,3)12(4,5)11-8-6-7-10;1-7-4-5-9(11)10-6-2-3-8(7)10;1-9-6-4-2-3-5(7)8-6;;;/h5-8,11-12,15,18H,3-4,9-10,13H2,1-2H3;5-8,11-12,15,19H,3-4,9-10,13H2,1-2H3;3-4,6-7,10,12H,5,8H2,1-2H3;3,5,7H,4,6,8H2,1-2H3;6-8H2,1-5H3;4H,2-3,6H2,1H3;2-4H,1H3;1H;;/q;;;;;-1;;;+1;/p-1/t15-,18+;15-,19+;10-,12+;;;;;;;/m111......./s1. The van der Waals surface area contributed by atoms with E-state index in [-0.39, 0.29) is 129 Å². The van der Waals surface area contributed by atoms with Crippen LogP contribution in [0, 0.1) is 51.5 Å². The molecule has 17 rings (SSSR count). The Hall–Kier alpha value is -8.12. The van der Waals surface area contributed by atoms with Crippen LogP contribution in [0.1, 0.15) is 153 Å². The van der Waals surface area contributed by atoms with Crippen LogP contribution in [0.4, 0.5) is 8.63 Å². The molecular formula is C95H116BBr2F3KN14O15SSiY-. The number of methoxy groups -OCH3 is 5. The van der Waals surface area contributed by atoms with E-state index in [1.54, 1.807) is 91.5 Å². The fourth-order valence-corrected chi connectivity index (χ4v) is 16.8. The number of hydrogen-bond donors (Lipinski definition) is 0. The van der Waals surface area contributed by atoms with Gasteiger partial charge in [0.1, 0.15) is 39.3 Å². The molecule has 0 N–H and O–H groups in total. The first kappa shape index (κ1) is 111. The molecule has 0 spiro atoms. The molecule has 0 saturated heterocycles. The first-order valence-corrected chi connectivity index (χ1v) is 50.4. The zero-order valence-corrected chi connectivity index (χ0v) is 89.9. The van der Waals surface area contributed by atoms with E-state index in [2.05, 4.69) is 131 Å². The Balaban J connectivity index is 0.000000200. The molecule has 6 aliphatic rings. The number of halogens is 5. The average Bonchev–Trinajstić information content (AvgIpc) is 1.65. The molecule has 29 nitrogen and oxygen atoms in total. The molecule has 14 heterocycles. The molecule has 0 unspecified atom stereocenters. The fourth-order valence-electron chi connectivity index (χ4n) is 14.8. The molecule has 709 valence electrons. The smallest absolute Gasteiger partial charge is 1.00 e. The van der Waals surface area contributed by atoms with Gasteiger partial charge in [0.25, 0.3) is 21.2 Å². The van der Waals surface area contributed by atoms with Crippen molar-refractivity contribution in [3.05, 3.63) is 245 Å². The van der Waals surface area contributed by atoms with Crippen LogP contribution in [0.3, 0.4) is 0 Å². The van der Waals surface area contributed by atoms with Crippen molar-refractivity contribution >= 4 is 63.0 Å². The van der Waals surface area contributed by atoms with Crippen LogP contribution < -0.4 is 116 Å². The number of fused-ring (bicyclic) bond motifs is 3. The zero-order chi connectivity index (χ0) is 94.1. The van der Waals surface area contributed by atoms with Crippen molar-refractivity contribution < 1.29 is 152 Å². The number of rotatable bonds is 29. The zero-order valence-electron chi connectivity index (χ0n) is 78.9. The number of pyridine rings is 8. The summed E-state index contributed by atoms with van der Waals surface area (Å²) in [6, 6.07) is 34.6. The molecule has 11 aromatic rings. The summed E-state index contributed by atoms with van der Waals surface area (Å²) in [5, 5.41) is 1.39. The van der Waals surface area contributed by atoms with Crippen LogP contribution >= 0.6 is 31.9 Å². The fraction of sp³-hybridized carbons (Fsp3) is 0.453. The van der Waals surface area contributed by atoms with Gasteiger partial charge in [-0.25, -0.2) is 31.0 Å². The summed E-state index contributed by atoms with van der Waals surface area (Å²) in [6.45, 7) is 23.7. The van der Waals surface area contributed by atoms with Crippen LogP contribution in [-0.2, 0) is 96.8 Å². The summed E-state index contributed by atoms with van der Waals surface area (Å²) in [7, 11) is 0.570. The van der Waals surface area contributed by atoms with E-state index in [0.717, 1.165) is 170 Å². The quantitative estimate of drug-likeness (QED) is 0.0105. The van der Waals surface area contributed by atoms with E-state index in [1.165, 1.54) is 11.3 Å². The normalized spacial score (nSPS) is 16.4. The van der Waals surface area contributed by atoms with Crippen molar-refractivity contribution in [2.45, 2.75) is 181 Å². The van der Waals surface area contributed by atoms with Crippen molar-refractivity contribution in [3.63, 3.8) is 0 Å². The van der Waals surface area contributed by atoms with Gasteiger partial charge in [-0.15, -0.1) is 6.92 Å². The SMILES string of the molecule is CC(C)(C)[Si](C)(C)OCCCBr.COc1ccc([C@H]2C[C@@H]2COc2nc(C)ncc2-c2ccc(=O)n3c2CCC3)nc1.COc1ccc([C@H]2C[C@@H]2COc2nc(C)ncc2-c2ccc3n(c2=O)CCC3)nc1.COc1ccc([C@H]2C[C@@H]2COc2nc(C)ncc2B(F)F)nc1.COc1cccc(Br)n1.COc1cccc(CCCOS(C)(=O)=O)n1.Cc1c[c-]c(=O)n2c1CCC2.[F-].[K+].[Y]. The maximum atomic E-state index is 13.0. The van der Waals surface area contributed by atoms with Gasteiger partial charge in [0, 0.05) is 176 Å². The molecule has 0 aromatic carbocycles. The predicted octanol–water partition coefficient (Wildman–Crippen LogP) is 9.85. The Morgan fingerprint density at radius 2 is 1.01 bits per heavy atom. The van der Waals surface area contributed by atoms with Gasteiger partial charge in [0.2, 0.25) is 29.4 Å². The average molecular weight is 2110 g/mol. The van der Waals surface area contributed by atoms with Gasteiger partial charge >= 0.3 is 58.7 Å². The van der Waals surface area contributed by atoms with E-state index in [0.29, 0.717) is 125 Å². The van der Waals surface area contributed by atoms with E-state index in [1.807, 2.05) is 120 Å². The maximum absolute atomic E-state index is 13.0. The van der Waals surface area contributed by atoms with Gasteiger partial charge in [0.15, 0.2) is 13.9 Å². The number of nitrogens with zero attached hydrogens (tertiary/aromatic N) is 14. The molecule has 11 aromatic heterocycles. The van der Waals surface area contributed by atoms with Gasteiger partial charge in [-0.2, -0.15) is 35.0 Å². The molecule has 0 amide bonds. The van der Waals surface area contributed by atoms with Crippen molar-refractivity contribution in [3.8, 4) is 68.9 Å². The molecular weight excluding hydrogens is 1990 g/mol. The van der Waals surface area contributed by atoms with Crippen LogP contribution in [0.5, 0.6) is 46.6 Å². The Morgan fingerprint density at radius 1 is 0.537 bits per heavy atom. The minimum atomic E-state index is -3.34. The van der Waals surface area contributed by atoms with Gasteiger partial charge in [0.05, 0.1) is 109 Å². The molecule has 134 heavy (non-hydrogen) atoms. The number of aromatic nitrogens is 14. The Morgan fingerprint density at radius 3 is 1.49 bits per heavy atom. The van der Waals surface area contributed by atoms with Crippen molar-refractivity contribution in [1.29, 1.82) is 0 Å². The summed E-state index contributed by atoms with van der Waals surface area (Å²) in [4.78, 5) is 83.3. The van der Waals surface area contributed by atoms with Gasteiger partial charge < -0.3 is 60.7 Å². The summed E-state index contributed by atoms with van der Waals surface area (Å²) in [6.07, 6.45) is 22.2. The first-order chi connectivity index (χ1) is 62.8. The number of hydrogen-bond acceptors (Lipinski definition) is 26. The molecule has 39 heteroatoms. The van der Waals surface area contributed by atoms with Crippen molar-refractivity contribution in [1.82, 2.24) is 68.5 Å². The van der Waals surface area contributed by atoms with Crippen LogP contribution in [-0.4, -0.2) is 173 Å². The monoisotopic (exact) mass is 2110 g/mol. The van der Waals surface area contributed by atoms with Crippen LogP contribution in [0.25, 0.3) is 22.3 Å². The van der Waals surface area contributed by atoms with Crippen LogP contribution in [0.15, 0.2) is 159 Å². The topological polar surface area (TPSA) is 334 Å². The third-order valence-electron chi connectivity index (χ3n) is 23.4. The van der Waals surface area contributed by atoms with E-state index in [4.69, 9.17) is 42.3 Å². The Kier molecular flexibility index (Phi) is 44.1. The Labute approximate surface area is 867 Å². The molecule has 3 aliphatic heterocycles. The first-order valence-electron chi connectivity index (χ1n) is 43.7. The minimum Gasteiger partial charge on any atom is -1.00 e. The van der Waals surface area contributed by atoms with Crippen molar-refractivity contribution in [2.75, 3.05) is 80.2 Å². The number of ether oxygens (including phenoxy) is 8. The number of alkyl halides is 1. The summed E-state index contributed by atoms with van der Waals surface area (Å²) in [5.41, 5.74) is 11.4. The second kappa shape index (κ2) is 53.2. The van der Waals surface area contributed by atoms with E-state index in [9.17, 15) is 31.4 Å². The van der Waals surface area contributed by atoms with E-state index >= 15 is 0 Å². The largest absolute Gasteiger partial charge is 1.00 e. The maximum Gasteiger partial charge on any atom is 1.00 e. The third-order valence-corrected chi connectivity index (χ3v) is 29.5. The molecule has 3 saturated carbocycles. The number of aryl methyl sites for hydroxylation is 6. The summed E-state index contributed by atoms with van der Waals surface area (Å²) < 4.78 is 107. The minimum absolute atomic E-state index is 0.